The fourth-order valence-electron chi connectivity index (χ4n) is 3.64. The zero-order chi connectivity index (χ0) is 14.6. The summed E-state index contributed by atoms with van der Waals surface area (Å²) in [6.07, 6.45) is 6.34. The average molecular weight is 280 g/mol. The predicted molar refractivity (Wildman–Crippen MR) is 89.4 cm³/mol. The summed E-state index contributed by atoms with van der Waals surface area (Å²) in [5, 5.41) is 1.45. The van der Waals surface area contributed by atoms with Crippen molar-refractivity contribution in [2.45, 2.75) is 39.7 Å². The van der Waals surface area contributed by atoms with Crippen molar-refractivity contribution >= 4 is 17.1 Å². The molecule has 0 radical (unpaired) electrons. The Balaban J connectivity index is 1.94. The van der Waals surface area contributed by atoms with E-state index in [9.17, 15) is 0 Å². The topological polar surface area (TPSA) is 8.17 Å². The van der Waals surface area contributed by atoms with Crippen LogP contribution < -0.4 is 0 Å². The predicted octanol–water partition coefficient (Wildman–Crippen LogP) is 4.21. The summed E-state index contributed by atoms with van der Waals surface area (Å²) < 4.78 is 2.49. The molecule has 110 valence electrons. The van der Waals surface area contributed by atoms with Crippen LogP contribution in [0.4, 0.5) is 0 Å². The largest absolute Gasteiger partial charge is 0.320 e. The summed E-state index contributed by atoms with van der Waals surface area (Å²) in [6, 6.07) is 6.91. The van der Waals surface area contributed by atoms with Crippen molar-refractivity contribution in [2.24, 2.45) is 5.92 Å². The van der Waals surface area contributed by atoms with Crippen molar-refractivity contribution in [2.75, 3.05) is 13.6 Å². The molecule has 2 nitrogen and oxygen atoms in total. The van der Waals surface area contributed by atoms with Crippen molar-refractivity contribution in [1.82, 2.24) is 9.47 Å². The number of likely N-dealkylation sites (N-methyl/N-ethyl adjacent to an activating group) is 1. The number of allylic oxidation sites excluding steroid dienone is 1. The van der Waals surface area contributed by atoms with Crippen molar-refractivity contribution in [3.63, 3.8) is 0 Å². The molecule has 1 aliphatic carbocycles. The SMILES string of the molecule is C/C(=C\n1c2c(c3cc(C)ccc31)CN(C)CC2)C1CC1. The molecule has 0 spiro atoms. The van der Waals surface area contributed by atoms with Crippen LogP contribution in [-0.4, -0.2) is 23.1 Å². The molecule has 2 aromatic rings. The van der Waals surface area contributed by atoms with Crippen LogP contribution in [0.25, 0.3) is 17.1 Å². The Morgan fingerprint density at radius 2 is 2.10 bits per heavy atom. The van der Waals surface area contributed by atoms with Gasteiger partial charge in [0, 0.05) is 36.8 Å². The normalized spacial score (nSPS) is 20.0. The van der Waals surface area contributed by atoms with Crippen molar-refractivity contribution in [3.8, 4) is 0 Å². The maximum atomic E-state index is 2.49. The van der Waals surface area contributed by atoms with E-state index < -0.39 is 0 Å². The van der Waals surface area contributed by atoms with Crippen molar-refractivity contribution in [3.05, 3.63) is 40.6 Å². The summed E-state index contributed by atoms with van der Waals surface area (Å²) >= 11 is 0. The van der Waals surface area contributed by atoms with Crippen LogP contribution in [0.3, 0.4) is 0 Å². The quantitative estimate of drug-likeness (QED) is 0.800. The molecule has 0 atom stereocenters. The van der Waals surface area contributed by atoms with Gasteiger partial charge in [-0.15, -0.1) is 0 Å². The fraction of sp³-hybridized carbons (Fsp3) is 0.474. The highest BCUT2D eigenvalue weighted by Crippen LogP contribution is 2.38. The molecule has 1 aromatic heterocycles. The summed E-state index contributed by atoms with van der Waals surface area (Å²) in [5.74, 6) is 0.842. The van der Waals surface area contributed by atoms with Crippen LogP contribution in [0, 0.1) is 12.8 Å². The molecule has 1 aromatic carbocycles. The van der Waals surface area contributed by atoms with Gasteiger partial charge >= 0.3 is 0 Å². The summed E-state index contributed by atoms with van der Waals surface area (Å²) in [5.41, 5.74) is 7.38. The third kappa shape index (κ3) is 2.22. The monoisotopic (exact) mass is 280 g/mol. The second kappa shape index (κ2) is 4.74. The van der Waals surface area contributed by atoms with Gasteiger partial charge in [0.15, 0.2) is 0 Å². The minimum absolute atomic E-state index is 0.842. The highest BCUT2D eigenvalue weighted by molar-refractivity contribution is 5.88. The van der Waals surface area contributed by atoms with Gasteiger partial charge in [-0.05, 0) is 57.4 Å². The fourth-order valence-corrected chi connectivity index (χ4v) is 3.64. The van der Waals surface area contributed by atoms with Crippen LogP contribution in [0.1, 0.15) is 36.6 Å². The van der Waals surface area contributed by atoms with Gasteiger partial charge < -0.3 is 9.47 Å². The minimum Gasteiger partial charge on any atom is -0.320 e. The third-order valence-corrected chi connectivity index (χ3v) is 5.09. The molecule has 1 saturated carbocycles. The van der Waals surface area contributed by atoms with Crippen LogP contribution >= 0.6 is 0 Å². The number of hydrogen-bond donors (Lipinski definition) is 0. The average Bonchev–Trinajstić information content (AvgIpc) is 3.26. The van der Waals surface area contributed by atoms with Gasteiger partial charge in [0.05, 0.1) is 5.52 Å². The van der Waals surface area contributed by atoms with Gasteiger partial charge in [0.25, 0.3) is 0 Å². The molecular formula is C19H24N2. The minimum atomic E-state index is 0.842. The Labute approximate surface area is 127 Å². The molecule has 0 saturated heterocycles. The van der Waals surface area contributed by atoms with Crippen LogP contribution in [0.15, 0.2) is 23.8 Å². The molecule has 1 fully saturated rings. The lowest BCUT2D eigenvalue weighted by Crippen LogP contribution is -2.26. The molecule has 1 aliphatic heterocycles. The van der Waals surface area contributed by atoms with Gasteiger partial charge in [0.2, 0.25) is 0 Å². The number of aryl methyl sites for hydroxylation is 1. The van der Waals surface area contributed by atoms with E-state index in [1.807, 2.05) is 0 Å². The standard InChI is InChI=1S/C19H24N2/c1-13-4-7-18-16(10-13)17-12-20(3)9-8-19(17)21(18)11-14(2)15-5-6-15/h4,7,10-11,15H,5-6,8-9,12H2,1-3H3/b14-11+. The first-order chi connectivity index (χ1) is 10.1. The van der Waals surface area contributed by atoms with E-state index in [-0.39, 0.29) is 0 Å². The summed E-state index contributed by atoms with van der Waals surface area (Å²) in [6.45, 7) is 6.75. The lowest BCUT2D eigenvalue weighted by molar-refractivity contribution is 0.312. The second-order valence-electron chi connectivity index (χ2n) is 6.95. The Hall–Kier alpha value is -1.54. The van der Waals surface area contributed by atoms with Gasteiger partial charge in [-0.25, -0.2) is 0 Å². The zero-order valence-corrected chi connectivity index (χ0v) is 13.3. The van der Waals surface area contributed by atoms with E-state index >= 15 is 0 Å². The second-order valence-corrected chi connectivity index (χ2v) is 6.95. The number of aromatic nitrogens is 1. The first-order valence-electron chi connectivity index (χ1n) is 8.12. The number of fused-ring (bicyclic) bond motifs is 3. The van der Waals surface area contributed by atoms with Gasteiger partial charge in [-0.1, -0.05) is 17.2 Å². The summed E-state index contributed by atoms with van der Waals surface area (Å²) in [4.78, 5) is 2.44. The van der Waals surface area contributed by atoms with Gasteiger partial charge in [-0.3, -0.25) is 0 Å². The zero-order valence-electron chi connectivity index (χ0n) is 13.3. The third-order valence-electron chi connectivity index (χ3n) is 5.09. The Morgan fingerprint density at radius 1 is 1.29 bits per heavy atom. The van der Waals surface area contributed by atoms with E-state index in [1.54, 1.807) is 11.1 Å². The molecule has 2 heterocycles. The Morgan fingerprint density at radius 3 is 2.86 bits per heavy atom. The van der Waals surface area contributed by atoms with Gasteiger partial charge in [-0.2, -0.15) is 0 Å². The molecule has 21 heavy (non-hydrogen) atoms. The Kier molecular flexibility index (Phi) is 2.97. The van der Waals surface area contributed by atoms with Crippen molar-refractivity contribution in [1.29, 1.82) is 0 Å². The van der Waals surface area contributed by atoms with Crippen LogP contribution in [0.2, 0.25) is 0 Å². The lowest BCUT2D eigenvalue weighted by Gasteiger charge is -2.23. The first-order valence-corrected chi connectivity index (χ1v) is 8.12. The molecule has 2 aliphatic rings. The van der Waals surface area contributed by atoms with Gasteiger partial charge in [0.1, 0.15) is 0 Å². The van der Waals surface area contributed by atoms with Crippen molar-refractivity contribution < 1.29 is 0 Å². The van der Waals surface area contributed by atoms with E-state index in [4.69, 9.17) is 0 Å². The van der Waals surface area contributed by atoms with E-state index in [2.05, 4.69) is 54.8 Å². The molecule has 0 amide bonds. The summed E-state index contributed by atoms with van der Waals surface area (Å²) in [7, 11) is 2.23. The van der Waals surface area contributed by atoms with E-state index in [1.165, 1.54) is 41.5 Å². The molecule has 0 bridgehead atoms. The highest BCUT2D eigenvalue weighted by Gasteiger charge is 2.25. The number of benzene rings is 1. The molecule has 2 heteroatoms. The molecule has 0 N–H and O–H groups in total. The number of nitrogens with zero attached hydrogens (tertiary/aromatic N) is 2. The molecule has 4 rings (SSSR count). The van der Waals surface area contributed by atoms with E-state index in [0.29, 0.717) is 0 Å². The highest BCUT2D eigenvalue weighted by atomic mass is 15.1. The number of rotatable bonds is 2. The lowest BCUT2D eigenvalue weighted by atomic mass is 10.0. The molecule has 0 unspecified atom stereocenters. The van der Waals surface area contributed by atoms with E-state index in [0.717, 1.165) is 18.9 Å². The maximum Gasteiger partial charge on any atom is 0.0528 e. The van der Waals surface area contributed by atoms with Crippen LogP contribution in [-0.2, 0) is 13.0 Å². The Bertz CT molecular complexity index is 732. The molecular weight excluding hydrogens is 256 g/mol. The smallest absolute Gasteiger partial charge is 0.0528 e. The number of hydrogen-bond acceptors (Lipinski definition) is 1. The van der Waals surface area contributed by atoms with Crippen LogP contribution in [0.5, 0.6) is 0 Å². The first kappa shape index (κ1) is 13.1. The maximum absolute atomic E-state index is 2.49.